The first-order valence-corrected chi connectivity index (χ1v) is 9.54. The zero-order valence-corrected chi connectivity index (χ0v) is 16.8. The summed E-state index contributed by atoms with van der Waals surface area (Å²) in [5, 5.41) is 13.7. The van der Waals surface area contributed by atoms with E-state index in [0.29, 0.717) is 43.2 Å². The summed E-state index contributed by atoms with van der Waals surface area (Å²) in [4.78, 5) is 48.5. The van der Waals surface area contributed by atoms with Gasteiger partial charge in [0, 0.05) is 36.5 Å². The van der Waals surface area contributed by atoms with Gasteiger partial charge in [-0.05, 0) is 37.3 Å². The summed E-state index contributed by atoms with van der Waals surface area (Å²) in [6.45, 7) is 2.85. The molecule has 1 N–H and O–H groups in total. The van der Waals surface area contributed by atoms with E-state index in [1.807, 2.05) is 4.90 Å². The van der Waals surface area contributed by atoms with Gasteiger partial charge in [-0.15, -0.1) is 0 Å². The number of ether oxygens (including phenoxy) is 2. The summed E-state index contributed by atoms with van der Waals surface area (Å²) in [6.07, 6.45) is 0. The van der Waals surface area contributed by atoms with Gasteiger partial charge in [0.2, 0.25) is 0 Å². The van der Waals surface area contributed by atoms with Crippen molar-refractivity contribution in [3.63, 3.8) is 0 Å². The van der Waals surface area contributed by atoms with E-state index in [1.165, 1.54) is 19.1 Å². The van der Waals surface area contributed by atoms with E-state index in [9.17, 15) is 24.5 Å². The van der Waals surface area contributed by atoms with Crippen molar-refractivity contribution < 1.29 is 28.8 Å². The molecule has 0 spiro atoms. The molecule has 10 nitrogen and oxygen atoms in total. The zero-order valence-electron chi connectivity index (χ0n) is 16.8. The Morgan fingerprint density at radius 3 is 2.42 bits per heavy atom. The van der Waals surface area contributed by atoms with Gasteiger partial charge in [-0.25, -0.2) is 4.79 Å². The maximum Gasteiger partial charge on any atom is 0.341 e. The molecule has 162 valence electrons. The van der Waals surface area contributed by atoms with Gasteiger partial charge in [0.1, 0.15) is 0 Å². The Balaban J connectivity index is 1.68. The van der Waals surface area contributed by atoms with E-state index in [0.717, 1.165) is 6.07 Å². The summed E-state index contributed by atoms with van der Waals surface area (Å²) in [5.74, 6) is -1.52. The van der Waals surface area contributed by atoms with Crippen molar-refractivity contribution in [1.82, 2.24) is 0 Å². The van der Waals surface area contributed by atoms with Crippen LogP contribution in [0.4, 0.5) is 17.1 Å². The molecule has 31 heavy (non-hydrogen) atoms. The Kier molecular flexibility index (Phi) is 6.93. The third-order valence-electron chi connectivity index (χ3n) is 4.67. The zero-order chi connectivity index (χ0) is 22.4. The minimum atomic E-state index is -0.840. The Bertz CT molecular complexity index is 999. The lowest BCUT2D eigenvalue weighted by atomic mass is 10.1. The number of morpholine rings is 1. The van der Waals surface area contributed by atoms with Crippen LogP contribution in [-0.2, 0) is 14.3 Å². The quantitative estimate of drug-likeness (QED) is 0.309. The maximum atomic E-state index is 12.6. The van der Waals surface area contributed by atoms with Crippen LogP contribution in [0.2, 0.25) is 0 Å². The van der Waals surface area contributed by atoms with Crippen LogP contribution in [-0.4, -0.2) is 55.5 Å². The number of rotatable bonds is 7. The van der Waals surface area contributed by atoms with Crippen molar-refractivity contribution in [2.24, 2.45) is 0 Å². The van der Waals surface area contributed by atoms with Crippen LogP contribution in [0.1, 0.15) is 27.6 Å². The number of ketones is 1. The molecule has 1 aliphatic heterocycles. The third kappa shape index (κ3) is 5.64. The number of nitrogens with zero attached hydrogens (tertiary/aromatic N) is 2. The normalized spacial score (nSPS) is 13.4. The summed E-state index contributed by atoms with van der Waals surface area (Å²) in [7, 11) is 0. The van der Waals surface area contributed by atoms with E-state index in [2.05, 4.69) is 5.32 Å². The maximum absolute atomic E-state index is 12.6. The average molecular weight is 427 g/mol. The van der Waals surface area contributed by atoms with Gasteiger partial charge in [-0.2, -0.15) is 0 Å². The number of hydrogen-bond donors (Lipinski definition) is 1. The molecule has 1 aliphatic rings. The number of esters is 1. The molecular weight excluding hydrogens is 406 g/mol. The molecule has 10 heteroatoms. The fourth-order valence-corrected chi connectivity index (χ4v) is 3.08. The molecule has 0 unspecified atom stereocenters. The minimum Gasteiger partial charge on any atom is -0.452 e. The molecule has 1 heterocycles. The van der Waals surface area contributed by atoms with E-state index in [-0.39, 0.29) is 17.0 Å². The van der Waals surface area contributed by atoms with Crippen LogP contribution in [0.5, 0.6) is 0 Å². The van der Waals surface area contributed by atoms with Crippen molar-refractivity contribution in [1.29, 1.82) is 0 Å². The Morgan fingerprint density at radius 2 is 1.81 bits per heavy atom. The van der Waals surface area contributed by atoms with Gasteiger partial charge >= 0.3 is 5.97 Å². The number of nitro benzene ring substituents is 1. The summed E-state index contributed by atoms with van der Waals surface area (Å²) >= 11 is 0. The van der Waals surface area contributed by atoms with Crippen molar-refractivity contribution in [3.8, 4) is 0 Å². The smallest absolute Gasteiger partial charge is 0.341 e. The Labute approximate surface area is 177 Å². The number of hydrogen-bond acceptors (Lipinski definition) is 8. The van der Waals surface area contributed by atoms with E-state index < -0.39 is 23.4 Å². The second-order valence-electron chi connectivity index (χ2n) is 6.82. The number of nitrogens with one attached hydrogen (secondary N) is 1. The fourth-order valence-electron chi connectivity index (χ4n) is 3.08. The van der Waals surface area contributed by atoms with Crippen LogP contribution in [0, 0.1) is 10.1 Å². The van der Waals surface area contributed by atoms with E-state index >= 15 is 0 Å². The summed E-state index contributed by atoms with van der Waals surface area (Å²) in [5.41, 5.74) is 1.19. The topological polar surface area (TPSA) is 128 Å². The molecule has 0 saturated carbocycles. The van der Waals surface area contributed by atoms with Crippen molar-refractivity contribution >= 4 is 34.7 Å². The number of anilines is 2. The standard InChI is InChI=1S/C21H21N3O7/c1-14(25)15-2-4-16(5-3-15)22-20(26)13-31-21(27)18-12-17(24(28)29)6-7-19(18)23-8-10-30-11-9-23/h2-7,12H,8-11,13H2,1H3,(H,22,26). The minimum absolute atomic E-state index is 0.00899. The highest BCUT2D eigenvalue weighted by Crippen LogP contribution is 2.27. The van der Waals surface area contributed by atoms with Gasteiger partial charge in [-0.3, -0.25) is 19.7 Å². The highest BCUT2D eigenvalue weighted by Gasteiger charge is 2.23. The molecule has 1 amide bonds. The number of benzene rings is 2. The molecule has 0 radical (unpaired) electrons. The average Bonchev–Trinajstić information content (AvgIpc) is 2.78. The van der Waals surface area contributed by atoms with Gasteiger partial charge < -0.3 is 19.7 Å². The number of non-ortho nitro benzene ring substituents is 1. The van der Waals surface area contributed by atoms with Crippen LogP contribution in [0.15, 0.2) is 42.5 Å². The number of amides is 1. The van der Waals surface area contributed by atoms with Crippen LogP contribution < -0.4 is 10.2 Å². The molecule has 0 bridgehead atoms. The molecule has 0 aliphatic carbocycles. The summed E-state index contributed by atoms with van der Waals surface area (Å²) < 4.78 is 10.4. The Hall–Kier alpha value is -3.79. The van der Waals surface area contributed by atoms with E-state index in [4.69, 9.17) is 9.47 Å². The second kappa shape index (κ2) is 9.81. The van der Waals surface area contributed by atoms with Gasteiger partial charge in [0.25, 0.3) is 11.6 Å². The fraction of sp³-hybridized carbons (Fsp3) is 0.286. The number of nitro groups is 1. The molecule has 2 aromatic rings. The Morgan fingerprint density at radius 1 is 1.13 bits per heavy atom. The molecule has 1 fully saturated rings. The van der Waals surface area contributed by atoms with Crippen molar-refractivity contribution in [3.05, 3.63) is 63.7 Å². The van der Waals surface area contributed by atoms with Gasteiger partial charge in [-0.1, -0.05) is 0 Å². The highest BCUT2D eigenvalue weighted by atomic mass is 16.6. The van der Waals surface area contributed by atoms with Crippen LogP contribution >= 0.6 is 0 Å². The largest absolute Gasteiger partial charge is 0.452 e. The first-order valence-electron chi connectivity index (χ1n) is 9.54. The van der Waals surface area contributed by atoms with E-state index in [1.54, 1.807) is 24.3 Å². The molecule has 3 rings (SSSR count). The lowest BCUT2D eigenvalue weighted by Crippen LogP contribution is -2.37. The van der Waals surface area contributed by atoms with Crippen molar-refractivity contribution in [2.75, 3.05) is 43.1 Å². The molecule has 0 atom stereocenters. The second-order valence-corrected chi connectivity index (χ2v) is 6.82. The number of carbonyl (C=O) groups is 3. The van der Waals surface area contributed by atoms with Crippen molar-refractivity contribution in [2.45, 2.75) is 6.92 Å². The monoisotopic (exact) mass is 427 g/mol. The lowest BCUT2D eigenvalue weighted by Gasteiger charge is -2.30. The van der Waals surface area contributed by atoms with Crippen LogP contribution in [0.3, 0.4) is 0 Å². The first-order chi connectivity index (χ1) is 14.8. The summed E-state index contributed by atoms with van der Waals surface area (Å²) in [6, 6.07) is 10.2. The highest BCUT2D eigenvalue weighted by molar-refractivity contribution is 5.99. The predicted octanol–water partition coefficient (Wildman–Crippen LogP) is 2.43. The number of carbonyl (C=O) groups excluding carboxylic acids is 3. The van der Waals surface area contributed by atoms with Crippen LogP contribution in [0.25, 0.3) is 0 Å². The predicted molar refractivity (Wildman–Crippen MR) is 111 cm³/mol. The lowest BCUT2D eigenvalue weighted by molar-refractivity contribution is -0.384. The molecule has 1 saturated heterocycles. The number of Topliss-reactive ketones (excluding diaryl/α,β-unsaturated/α-hetero) is 1. The van der Waals surface area contributed by atoms with Gasteiger partial charge in [0.15, 0.2) is 12.4 Å². The first kappa shape index (κ1) is 21.9. The molecular formula is C21H21N3O7. The third-order valence-corrected chi connectivity index (χ3v) is 4.67. The molecule has 2 aromatic carbocycles. The van der Waals surface area contributed by atoms with Gasteiger partial charge in [0.05, 0.1) is 29.4 Å². The molecule has 0 aromatic heterocycles. The SMILES string of the molecule is CC(=O)c1ccc(NC(=O)COC(=O)c2cc([N+](=O)[O-])ccc2N2CCOCC2)cc1.